The van der Waals surface area contributed by atoms with E-state index in [1.807, 2.05) is 11.8 Å². The van der Waals surface area contributed by atoms with E-state index in [9.17, 15) is 0 Å². The molecule has 8 aromatic rings. The SMILES string of the molecule is CN1c2ccc(-n3c4ccccc4c4ccccc43)cc2Sc2cc(-n3c4ccccc4c4ccccc43)ccc21. The van der Waals surface area contributed by atoms with Crippen LogP contribution in [0, 0.1) is 0 Å². The molecule has 1 aliphatic rings. The Labute approximate surface area is 241 Å². The Morgan fingerprint density at radius 3 is 1.12 bits per heavy atom. The number of nitrogens with zero attached hydrogens (tertiary/aromatic N) is 3. The average molecular weight is 544 g/mol. The van der Waals surface area contributed by atoms with Crippen molar-refractivity contribution in [1.29, 1.82) is 0 Å². The van der Waals surface area contributed by atoms with Gasteiger partial charge in [-0.1, -0.05) is 84.6 Å². The summed E-state index contributed by atoms with van der Waals surface area (Å²) >= 11 is 1.86. The lowest BCUT2D eigenvalue weighted by atomic mass is 10.2. The van der Waals surface area contributed by atoms with Gasteiger partial charge in [0.25, 0.3) is 0 Å². The number of aromatic nitrogens is 2. The highest BCUT2D eigenvalue weighted by atomic mass is 32.2. The summed E-state index contributed by atoms with van der Waals surface area (Å²) in [4.78, 5) is 4.85. The van der Waals surface area contributed by atoms with Crippen LogP contribution in [0.3, 0.4) is 0 Å². The number of anilines is 2. The Morgan fingerprint density at radius 1 is 0.415 bits per heavy atom. The molecule has 2 aromatic heterocycles. The molecule has 9 rings (SSSR count). The van der Waals surface area contributed by atoms with Gasteiger partial charge in [-0.3, -0.25) is 0 Å². The van der Waals surface area contributed by atoms with Crippen LogP contribution in [0.25, 0.3) is 55.0 Å². The summed E-state index contributed by atoms with van der Waals surface area (Å²) in [7, 11) is 2.18. The highest BCUT2D eigenvalue weighted by molar-refractivity contribution is 7.99. The predicted molar refractivity (Wildman–Crippen MR) is 174 cm³/mol. The molecule has 0 unspecified atom stereocenters. The van der Waals surface area contributed by atoms with Crippen LogP contribution in [0.1, 0.15) is 0 Å². The van der Waals surface area contributed by atoms with Crippen LogP contribution in [0.2, 0.25) is 0 Å². The lowest BCUT2D eigenvalue weighted by molar-refractivity contribution is 1.08. The Morgan fingerprint density at radius 2 is 0.756 bits per heavy atom. The molecular weight excluding hydrogens is 518 g/mol. The first-order chi connectivity index (χ1) is 20.3. The molecule has 0 bridgehead atoms. The summed E-state index contributed by atoms with van der Waals surface area (Å²) in [5.74, 6) is 0. The highest BCUT2D eigenvalue weighted by Crippen LogP contribution is 2.49. The van der Waals surface area contributed by atoms with Gasteiger partial charge in [-0.05, 0) is 60.7 Å². The van der Waals surface area contributed by atoms with E-state index in [0.29, 0.717) is 0 Å². The van der Waals surface area contributed by atoms with Crippen LogP contribution in [0.15, 0.2) is 143 Å². The lowest BCUT2D eigenvalue weighted by Crippen LogP contribution is -2.15. The molecule has 0 spiro atoms. The standard InChI is InChI=1S/C37H25N3S/c1-38-34-20-18-24(39-30-14-6-2-10-26(30)27-11-3-7-15-31(27)39)22-36(34)41-37-23-25(19-21-35(37)38)40-32-16-8-4-12-28(32)29-13-5-9-17-33(29)40/h2-23H,1H3. The topological polar surface area (TPSA) is 13.1 Å². The van der Waals surface area contributed by atoms with Crippen molar-refractivity contribution in [2.45, 2.75) is 9.79 Å². The second-order valence-electron chi connectivity index (χ2n) is 10.7. The van der Waals surface area contributed by atoms with E-state index >= 15 is 0 Å². The molecule has 1 aliphatic heterocycles. The molecule has 0 aliphatic carbocycles. The smallest absolute Gasteiger partial charge is 0.0551 e. The van der Waals surface area contributed by atoms with Crippen molar-refractivity contribution in [2.75, 3.05) is 11.9 Å². The fourth-order valence-corrected chi connectivity index (χ4v) is 7.87. The van der Waals surface area contributed by atoms with Gasteiger partial charge in [0, 0.05) is 49.8 Å². The molecule has 6 aromatic carbocycles. The van der Waals surface area contributed by atoms with Gasteiger partial charge in [-0.25, -0.2) is 0 Å². The molecule has 0 N–H and O–H groups in total. The van der Waals surface area contributed by atoms with E-state index in [0.717, 1.165) is 0 Å². The minimum Gasteiger partial charge on any atom is -0.343 e. The Kier molecular flexibility index (Phi) is 4.75. The molecule has 0 amide bonds. The summed E-state index contributed by atoms with van der Waals surface area (Å²) < 4.78 is 4.80. The van der Waals surface area contributed by atoms with E-state index in [-0.39, 0.29) is 0 Å². The van der Waals surface area contributed by atoms with Crippen molar-refractivity contribution in [3.05, 3.63) is 133 Å². The van der Waals surface area contributed by atoms with E-state index in [4.69, 9.17) is 0 Å². The number of hydrogen-bond acceptors (Lipinski definition) is 2. The first-order valence-corrected chi connectivity index (χ1v) is 14.7. The summed E-state index contributed by atoms with van der Waals surface area (Å²) in [6, 6.07) is 48.6. The lowest BCUT2D eigenvalue weighted by Gasteiger charge is -2.30. The van der Waals surface area contributed by atoms with Crippen LogP contribution >= 0.6 is 11.8 Å². The van der Waals surface area contributed by atoms with Gasteiger partial charge in [0.1, 0.15) is 0 Å². The molecule has 0 atom stereocenters. The van der Waals surface area contributed by atoms with Crippen LogP contribution < -0.4 is 4.90 Å². The van der Waals surface area contributed by atoms with Gasteiger partial charge in [0.2, 0.25) is 0 Å². The molecule has 41 heavy (non-hydrogen) atoms. The fraction of sp³-hybridized carbons (Fsp3) is 0.0270. The number of benzene rings is 6. The third kappa shape index (κ3) is 3.22. The number of hydrogen-bond donors (Lipinski definition) is 0. The van der Waals surface area contributed by atoms with Gasteiger partial charge in [0.15, 0.2) is 0 Å². The molecule has 0 saturated carbocycles. The Hall–Kier alpha value is -4.93. The number of para-hydroxylation sites is 4. The molecule has 0 radical (unpaired) electrons. The predicted octanol–water partition coefficient (Wildman–Crippen LogP) is 10.1. The summed E-state index contributed by atoms with van der Waals surface area (Å²) in [5, 5.41) is 5.14. The zero-order valence-corrected chi connectivity index (χ0v) is 23.3. The summed E-state index contributed by atoms with van der Waals surface area (Å²) in [6.07, 6.45) is 0. The van der Waals surface area contributed by atoms with Crippen molar-refractivity contribution in [1.82, 2.24) is 9.13 Å². The molecule has 3 heterocycles. The van der Waals surface area contributed by atoms with Gasteiger partial charge in [-0.2, -0.15) is 0 Å². The van der Waals surface area contributed by atoms with Crippen molar-refractivity contribution in [3.63, 3.8) is 0 Å². The largest absolute Gasteiger partial charge is 0.343 e. The average Bonchev–Trinajstić information content (AvgIpc) is 3.54. The van der Waals surface area contributed by atoms with Gasteiger partial charge in [-0.15, -0.1) is 0 Å². The van der Waals surface area contributed by atoms with Crippen molar-refractivity contribution < 1.29 is 0 Å². The first-order valence-electron chi connectivity index (χ1n) is 13.9. The Bertz CT molecular complexity index is 2050. The second kappa shape index (κ2) is 8.53. The van der Waals surface area contributed by atoms with Crippen LogP contribution in [0.4, 0.5) is 11.4 Å². The summed E-state index contributed by atoms with van der Waals surface area (Å²) in [5.41, 5.74) is 9.77. The van der Waals surface area contributed by atoms with Crippen molar-refractivity contribution in [2.24, 2.45) is 0 Å². The maximum Gasteiger partial charge on any atom is 0.0551 e. The van der Waals surface area contributed by atoms with E-state index in [1.165, 1.54) is 76.2 Å². The normalized spacial score (nSPS) is 12.9. The molecule has 3 nitrogen and oxygen atoms in total. The molecule has 0 saturated heterocycles. The number of fused-ring (bicyclic) bond motifs is 8. The zero-order chi connectivity index (χ0) is 27.1. The molecule has 194 valence electrons. The van der Waals surface area contributed by atoms with E-state index < -0.39 is 0 Å². The van der Waals surface area contributed by atoms with Crippen molar-refractivity contribution >= 4 is 66.7 Å². The van der Waals surface area contributed by atoms with Crippen LogP contribution in [-0.4, -0.2) is 16.2 Å². The zero-order valence-electron chi connectivity index (χ0n) is 22.5. The van der Waals surface area contributed by atoms with Gasteiger partial charge >= 0.3 is 0 Å². The highest BCUT2D eigenvalue weighted by Gasteiger charge is 2.23. The monoisotopic (exact) mass is 543 g/mol. The summed E-state index contributed by atoms with van der Waals surface area (Å²) in [6.45, 7) is 0. The third-order valence-corrected chi connectivity index (χ3v) is 9.60. The third-order valence-electron chi connectivity index (χ3n) is 8.51. The van der Waals surface area contributed by atoms with E-state index in [1.54, 1.807) is 0 Å². The molecule has 0 fully saturated rings. The first kappa shape index (κ1) is 22.8. The minimum absolute atomic E-state index is 1.18. The Balaban J connectivity index is 1.20. The van der Waals surface area contributed by atoms with Gasteiger partial charge in [0.05, 0.1) is 33.4 Å². The fourth-order valence-electron chi connectivity index (χ4n) is 6.65. The quantitative estimate of drug-likeness (QED) is 0.215. The van der Waals surface area contributed by atoms with Crippen LogP contribution in [0.5, 0.6) is 0 Å². The minimum atomic E-state index is 1.18. The maximum absolute atomic E-state index is 2.40. The second-order valence-corrected chi connectivity index (χ2v) is 11.8. The molecular formula is C37H25N3S. The molecule has 4 heteroatoms. The maximum atomic E-state index is 2.40. The van der Waals surface area contributed by atoms with Gasteiger partial charge < -0.3 is 14.0 Å². The van der Waals surface area contributed by atoms with Crippen molar-refractivity contribution in [3.8, 4) is 11.4 Å². The van der Waals surface area contributed by atoms with Crippen LogP contribution in [-0.2, 0) is 0 Å². The number of rotatable bonds is 2. The van der Waals surface area contributed by atoms with E-state index in [2.05, 4.69) is 155 Å².